The molecule has 0 unspecified atom stereocenters. The van der Waals surface area contributed by atoms with E-state index in [2.05, 4.69) is 31.0 Å². The number of likely N-dealkylation sites (tertiary alicyclic amines) is 1. The molecule has 2 aromatic heterocycles. The first-order valence-corrected chi connectivity index (χ1v) is 10.6. The fraction of sp³-hybridized carbons (Fsp3) is 0.579. The van der Waals surface area contributed by atoms with Crippen LogP contribution in [-0.2, 0) is 4.79 Å². The molecule has 29 heavy (non-hydrogen) atoms. The van der Waals surface area contributed by atoms with Gasteiger partial charge in [0, 0.05) is 38.8 Å². The van der Waals surface area contributed by atoms with Crippen molar-refractivity contribution in [1.82, 2.24) is 30.0 Å². The highest BCUT2D eigenvalue weighted by Crippen LogP contribution is 2.24. The van der Waals surface area contributed by atoms with Gasteiger partial charge in [-0.15, -0.1) is 0 Å². The highest BCUT2D eigenvalue weighted by molar-refractivity contribution is 6.32. The Bertz CT molecular complexity index is 864. The molecule has 1 amide bonds. The number of carbonyl (C=O) groups is 1. The molecule has 2 aliphatic rings. The maximum Gasteiger partial charge on any atom is 0.229 e. The summed E-state index contributed by atoms with van der Waals surface area (Å²) in [6.07, 6.45) is 7.15. The largest absolute Gasteiger partial charge is 0.369 e. The van der Waals surface area contributed by atoms with Gasteiger partial charge in [-0.25, -0.2) is 4.98 Å². The van der Waals surface area contributed by atoms with Gasteiger partial charge in [0.05, 0.1) is 23.6 Å². The zero-order valence-corrected chi connectivity index (χ0v) is 17.4. The van der Waals surface area contributed by atoms with Crippen LogP contribution in [0, 0.1) is 6.92 Å². The van der Waals surface area contributed by atoms with Gasteiger partial charge >= 0.3 is 0 Å². The van der Waals surface area contributed by atoms with Gasteiger partial charge in [0.2, 0.25) is 11.9 Å². The van der Waals surface area contributed by atoms with Crippen molar-refractivity contribution >= 4 is 35.0 Å². The van der Waals surface area contributed by atoms with Gasteiger partial charge in [0.1, 0.15) is 10.8 Å². The Kier molecular flexibility index (Phi) is 6.15. The molecule has 0 aliphatic carbocycles. The van der Waals surface area contributed by atoms with Gasteiger partial charge in [0.15, 0.2) is 0 Å². The summed E-state index contributed by atoms with van der Waals surface area (Å²) in [5.74, 6) is 1.31. The molecular weight excluding hydrogens is 392 g/mol. The van der Waals surface area contributed by atoms with Gasteiger partial charge in [-0.3, -0.25) is 9.48 Å². The van der Waals surface area contributed by atoms with Crippen LogP contribution in [-0.4, -0.2) is 63.3 Å². The van der Waals surface area contributed by atoms with E-state index in [0.717, 1.165) is 56.8 Å². The summed E-state index contributed by atoms with van der Waals surface area (Å²) >= 11 is 6.25. The average Bonchev–Trinajstić information content (AvgIpc) is 3.44. The molecule has 0 saturated carbocycles. The fourth-order valence-electron chi connectivity index (χ4n) is 3.75. The number of hydrogen-bond donors (Lipinski definition) is 3. The van der Waals surface area contributed by atoms with Crippen LogP contribution in [0.3, 0.4) is 0 Å². The van der Waals surface area contributed by atoms with Gasteiger partial charge in [-0.1, -0.05) is 11.6 Å². The lowest BCUT2D eigenvalue weighted by atomic mass is 10.3. The lowest BCUT2D eigenvalue weighted by molar-refractivity contribution is -0.127. The van der Waals surface area contributed by atoms with Crippen molar-refractivity contribution in [2.24, 2.45) is 0 Å². The molecule has 9 nitrogen and oxygen atoms in total. The van der Waals surface area contributed by atoms with Crippen LogP contribution in [0.25, 0.3) is 0 Å². The van der Waals surface area contributed by atoms with Crippen molar-refractivity contribution in [2.75, 3.05) is 43.4 Å². The lowest BCUT2D eigenvalue weighted by Gasteiger charge is -2.15. The van der Waals surface area contributed by atoms with E-state index in [9.17, 15) is 4.79 Å². The first-order chi connectivity index (χ1) is 14.1. The second kappa shape index (κ2) is 8.96. The number of nitrogens with zero attached hydrogens (tertiary/aromatic N) is 5. The Morgan fingerprint density at radius 1 is 1.41 bits per heavy atom. The van der Waals surface area contributed by atoms with Crippen molar-refractivity contribution in [3.8, 4) is 0 Å². The van der Waals surface area contributed by atoms with E-state index in [1.54, 1.807) is 6.20 Å². The third-order valence-corrected chi connectivity index (χ3v) is 5.66. The number of hydrogen-bond acceptors (Lipinski definition) is 7. The van der Waals surface area contributed by atoms with Gasteiger partial charge in [-0.2, -0.15) is 10.1 Å². The van der Waals surface area contributed by atoms with E-state index in [-0.39, 0.29) is 5.91 Å². The highest BCUT2D eigenvalue weighted by Gasteiger charge is 2.20. The molecule has 4 heterocycles. The molecule has 2 aromatic rings. The number of amides is 1. The molecule has 3 N–H and O–H groups in total. The predicted molar refractivity (Wildman–Crippen MR) is 113 cm³/mol. The molecule has 1 atom stereocenters. The quantitative estimate of drug-likeness (QED) is 0.565. The summed E-state index contributed by atoms with van der Waals surface area (Å²) in [5.41, 5.74) is 1.79. The van der Waals surface area contributed by atoms with E-state index < -0.39 is 0 Å². The maximum absolute atomic E-state index is 11.7. The van der Waals surface area contributed by atoms with Crippen molar-refractivity contribution in [3.05, 3.63) is 23.1 Å². The predicted octanol–water partition coefficient (Wildman–Crippen LogP) is 2.34. The van der Waals surface area contributed by atoms with Crippen LogP contribution >= 0.6 is 11.6 Å². The zero-order chi connectivity index (χ0) is 20.2. The Labute approximate surface area is 175 Å². The van der Waals surface area contributed by atoms with E-state index in [4.69, 9.17) is 11.6 Å². The summed E-state index contributed by atoms with van der Waals surface area (Å²) in [6, 6.07) is 0.384. The minimum atomic E-state index is 0.251. The molecule has 156 valence electrons. The molecule has 0 spiro atoms. The monoisotopic (exact) mass is 418 g/mol. The number of aromatic nitrogens is 4. The number of nitrogens with one attached hydrogen (secondary N) is 3. The SMILES string of the molecule is Cc1nn([C@@H]2CCNC2)cc1Nc1ncc(Cl)c(NCCCN2CCCC2=O)n1. The van der Waals surface area contributed by atoms with Crippen LogP contribution in [0.1, 0.15) is 37.4 Å². The Morgan fingerprint density at radius 2 is 2.31 bits per heavy atom. The van der Waals surface area contributed by atoms with Gasteiger partial charge in [0.25, 0.3) is 0 Å². The second-order valence-electron chi connectivity index (χ2n) is 7.53. The Balaban J connectivity index is 1.35. The Morgan fingerprint density at radius 3 is 3.07 bits per heavy atom. The van der Waals surface area contributed by atoms with Crippen molar-refractivity contribution in [2.45, 2.75) is 38.6 Å². The lowest BCUT2D eigenvalue weighted by Crippen LogP contribution is -2.27. The van der Waals surface area contributed by atoms with Gasteiger partial charge < -0.3 is 20.9 Å². The third kappa shape index (κ3) is 4.79. The molecule has 10 heteroatoms. The number of anilines is 3. The summed E-state index contributed by atoms with van der Waals surface area (Å²) in [6.45, 7) is 6.24. The van der Waals surface area contributed by atoms with Crippen LogP contribution in [0.15, 0.2) is 12.4 Å². The van der Waals surface area contributed by atoms with Crippen LogP contribution in [0.5, 0.6) is 0 Å². The van der Waals surface area contributed by atoms with Crippen molar-refractivity contribution in [3.63, 3.8) is 0 Å². The average molecular weight is 419 g/mol. The van der Waals surface area contributed by atoms with Gasteiger partial charge in [-0.05, 0) is 32.7 Å². The standard InChI is InChI=1S/C19H27ClN8O/c1-13-16(12-28(26-13)14-5-7-21-10-14)24-19-23-11-15(20)18(25-19)22-6-3-9-27-8-2-4-17(27)29/h11-12,14,21H,2-10H2,1H3,(H2,22,23,24,25)/t14-/m1/s1. The highest BCUT2D eigenvalue weighted by atomic mass is 35.5. The second-order valence-corrected chi connectivity index (χ2v) is 7.94. The van der Waals surface area contributed by atoms with Crippen molar-refractivity contribution < 1.29 is 4.79 Å². The summed E-state index contributed by atoms with van der Waals surface area (Å²) in [4.78, 5) is 22.4. The zero-order valence-electron chi connectivity index (χ0n) is 16.6. The first kappa shape index (κ1) is 19.9. The molecule has 2 fully saturated rings. The van der Waals surface area contributed by atoms with E-state index in [1.807, 2.05) is 22.7 Å². The Hall–Kier alpha value is -2.39. The first-order valence-electron chi connectivity index (χ1n) is 10.2. The topological polar surface area (TPSA) is 100 Å². The normalized spacial score (nSPS) is 19.2. The number of aryl methyl sites for hydroxylation is 1. The fourth-order valence-corrected chi connectivity index (χ4v) is 3.90. The van der Waals surface area contributed by atoms with Crippen LogP contribution < -0.4 is 16.0 Å². The van der Waals surface area contributed by atoms with E-state index in [1.165, 1.54) is 0 Å². The van der Waals surface area contributed by atoms with Crippen LogP contribution in [0.2, 0.25) is 5.02 Å². The smallest absolute Gasteiger partial charge is 0.229 e. The minimum absolute atomic E-state index is 0.251. The number of halogens is 1. The molecule has 2 aliphatic heterocycles. The van der Waals surface area contributed by atoms with Crippen molar-refractivity contribution in [1.29, 1.82) is 0 Å². The molecule has 0 radical (unpaired) electrons. The summed E-state index contributed by atoms with van der Waals surface area (Å²) < 4.78 is 2.01. The third-order valence-electron chi connectivity index (χ3n) is 5.38. The number of carbonyl (C=O) groups excluding carboxylic acids is 1. The van der Waals surface area contributed by atoms with E-state index in [0.29, 0.717) is 35.8 Å². The minimum Gasteiger partial charge on any atom is -0.369 e. The van der Waals surface area contributed by atoms with E-state index >= 15 is 0 Å². The number of rotatable bonds is 8. The van der Waals surface area contributed by atoms with Crippen LogP contribution in [0.4, 0.5) is 17.5 Å². The molecular formula is C19H27ClN8O. The summed E-state index contributed by atoms with van der Waals surface area (Å²) in [5, 5.41) is 14.9. The molecule has 4 rings (SSSR count). The maximum atomic E-state index is 11.7. The molecule has 0 aromatic carbocycles. The molecule has 0 bridgehead atoms. The summed E-state index contributed by atoms with van der Waals surface area (Å²) in [7, 11) is 0. The molecule has 2 saturated heterocycles.